The molecule has 3 aliphatic rings. The van der Waals surface area contributed by atoms with Gasteiger partial charge in [-0.1, -0.05) is 151 Å². The lowest BCUT2D eigenvalue weighted by Gasteiger charge is -2.27. The molecule has 0 atom stereocenters. The summed E-state index contributed by atoms with van der Waals surface area (Å²) in [6.07, 6.45) is 0. The molecule has 0 saturated heterocycles. The number of aromatic nitrogens is 1. The highest BCUT2D eigenvalue weighted by Crippen LogP contribution is 2.53. The van der Waals surface area contributed by atoms with E-state index in [2.05, 4.69) is 211 Å². The topological polar surface area (TPSA) is 30.1 Å². The second-order valence-electron chi connectivity index (χ2n) is 20.1. The Morgan fingerprint density at radius 2 is 1.18 bits per heavy atom. The summed E-state index contributed by atoms with van der Waals surface area (Å²) in [7, 11) is 2.48. The lowest BCUT2D eigenvalue weighted by atomic mass is 9.58. The van der Waals surface area contributed by atoms with Gasteiger partial charge in [-0.15, -0.1) is 0 Å². The molecule has 0 amide bonds. The summed E-state index contributed by atoms with van der Waals surface area (Å²) < 4.78 is 9.14. The number of hydrogen-bond acceptors (Lipinski definition) is 2. The summed E-state index contributed by atoms with van der Waals surface area (Å²) in [5.41, 5.74) is 24.4. The van der Waals surface area contributed by atoms with Gasteiger partial charge in [0.15, 0.2) is 7.28 Å². The first-order chi connectivity index (χ1) is 29.9. The monoisotopic (exact) mass is 797 g/mol. The first kappa shape index (κ1) is 35.9. The van der Waals surface area contributed by atoms with Crippen molar-refractivity contribution in [2.45, 2.75) is 64.7 Å². The molecule has 3 nitrogen and oxygen atoms in total. The molecule has 0 saturated carbocycles. The smallest absolute Gasteiger partial charge is 0.197 e. The molecule has 0 spiro atoms. The van der Waals surface area contributed by atoms with E-state index < -0.39 is 0 Å². The van der Waals surface area contributed by atoms with Gasteiger partial charge in [-0.3, -0.25) is 0 Å². The lowest BCUT2D eigenvalue weighted by Crippen LogP contribution is -2.38. The Bertz CT molecular complexity index is 3610. The van der Waals surface area contributed by atoms with Crippen molar-refractivity contribution in [1.82, 2.24) is 4.57 Å². The summed E-state index contributed by atoms with van der Waals surface area (Å²) in [6.45, 7) is 16.3. The van der Waals surface area contributed by atoms with Crippen LogP contribution in [-0.2, 0) is 16.2 Å². The van der Waals surface area contributed by atoms with Crippen molar-refractivity contribution in [3.8, 4) is 39.1 Å². The number of para-hydroxylation sites is 1. The van der Waals surface area contributed by atoms with Gasteiger partial charge in [0.25, 0.3) is 0 Å². The predicted octanol–water partition coefficient (Wildman–Crippen LogP) is 14.0. The molecule has 13 rings (SSSR count). The minimum absolute atomic E-state index is 0.0729. The van der Waals surface area contributed by atoms with Crippen LogP contribution in [0.3, 0.4) is 0 Å². The molecular weight excluding hydrogens is 751 g/mol. The maximum absolute atomic E-state index is 6.59. The highest BCUT2D eigenvalue weighted by Gasteiger charge is 2.39. The Kier molecular flexibility index (Phi) is 6.94. The van der Waals surface area contributed by atoms with Crippen LogP contribution in [0.5, 0.6) is 0 Å². The molecule has 1 radical (unpaired) electrons. The fraction of sp³-hybridized carbons (Fsp3) is 0.172. The Labute approximate surface area is 363 Å². The maximum Gasteiger partial charge on any atom is 0.197 e. The van der Waals surface area contributed by atoms with Crippen molar-refractivity contribution in [1.29, 1.82) is 0 Å². The Morgan fingerprint density at radius 1 is 0.516 bits per heavy atom. The van der Waals surface area contributed by atoms with Crippen molar-refractivity contribution in [3.63, 3.8) is 0 Å². The van der Waals surface area contributed by atoms with Crippen molar-refractivity contribution in [3.05, 3.63) is 173 Å². The van der Waals surface area contributed by atoms with Crippen molar-refractivity contribution in [2.24, 2.45) is 0 Å². The van der Waals surface area contributed by atoms with E-state index in [9.17, 15) is 0 Å². The molecule has 297 valence electrons. The zero-order chi connectivity index (χ0) is 42.0. The van der Waals surface area contributed by atoms with E-state index >= 15 is 0 Å². The molecule has 10 aromatic rings. The SMILES string of the molecule is CC(C)(C)c1ccc(Nc2cc3c(cc2-c2ccc4c5cc6c(cc5n5c4c2[B]c2cc4c(cc2-5)-c2ccccc2C4(C)C)oc2ccccc26)-c2ccccc2C3(C)C)cc1. The minimum Gasteiger partial charge on any atom is -0.456 e. The lowest BCUT2D eigenvalue weighted by molar-refractivity contribution is 0.590. The molecular formula is C58H46BN2O. The number of rotatable bonds is 3. The van der Waals surface area contributed by atoms with Crippen LogP contribution in [0.4, 0.5) is 11.4 Å². The van der Waals surface area contributed by atoms with Crippen LogP contribution in [0.15, 0.2) is 150 Å². The Balaban J connectivity index is 1.11. The standard InChI is InChI=1S/C58H46BN2O/c1-56(2,3)32-20-22-33(23-21-32)60-49-30-47-39(34-14-8-11-17-44(34)58(47,6)7)26-41(49)37-24-25-38-42-27-43-36-16-10-13-19-52(36)62-53(43)31-50(42)61-51-28-40-35-15-9-12-18-45(35)57(4,5)46(40)29-48(51)59-54(37)55(38)61/h8-31,60H,1-7H3. The molecule has 3 heterocycles. The summed E-state index contributed by atoms with van der Waals surface area (Å²) in [5, 5.41) is 8.75. The Morgan fingerprint density at radius 3 is 1.90 bits per heavy atom. The number of nitrogens with one attached hydrogen (secondary N) is 1. The van der Waals surface area contributed by atoms with Gasteiger partial charge in [0.05, 0.1) is 5.52 Å². The third-order valence-electron chi connectivity index (χ3n) is 14.8. The van der Waals surface area contributed by atoms with E-state index in [4.69, 9.17) is 4.42 Å². The quantitative estimate of drug-likeness (QED) is 0.181. The number of benzene rings is 8. The summed E-state index contributed by atoms with van der Waals surface area (Å²) in [5.74, 6) is 0. The van der Waals surface area contributed by atoms with Gasteiger partial charge in [0.1, 0.15) is 11.2 Å². The van der Waals surface area contributed by atoms with Gasteiger partial charge in [-0.05, 0) is 109 Å². The van der Waals surface area contributed by atoms with Crippen LogP contribution >= 0.6 is 0 Å². The van der Waals surface area contributed by atoms with Crippen molar-refractivity contribution < 1.29 is 4.42 Å². The first-order valence-electron chi connectivity index (χ1n) is 22.1. The molecule has 0 unspecified atom stereocenters. The van der Waals surface area contributed by atoms with Crippen LogP contribution in [0, 0.1) is 0 Å². The van der Waals surface area contributed by atoms with Gasteiger partial charge >= 0.3 is 0 Å². The highest BCUT2D eigenvalue weighted by atomic mass is 16.3. The van der Waals surface area contributed by atoms with Crippen LogP contribution in [0.2, 0.25) is 0 Å². The predicted molar refractivity (Wildman–Crippen MR) is 262 cm³/mol. The van der Waals surface area contributed by atoms with E-state index in [1.807, 2.05) is 0 Å². The van der Waals surface area contributed by atoms with E-state index in [1.54, 1.807) is 0 Å². The van der Waals surface area contributed by atoms with Gasteiger partial charge in [0, 0.05) is 66.6 Å². The van der Waals surface area contributed by atoms with Crippen LogP contribution in [0.1, 0.15) is 76.3 Å². The van der Waals surface area contributed by atoms with Crippen LogP contribution in [0.25, 0.3) is 82.8 Å². The average molecular weight is 798 g/mol. The second-order valence-corrected chi connectivity index (χ2v) is 20.1. The van der Waals surface area contributed by atoms with Crippen molar-refractivity contribution in [2.75, 3.05) is 5.32 Å². The van der Waals surface area contributed by atoms with Gasteiger partial charge in [-0.2, -0.15) is 0 Å². The molecule has 4 heteroatoms. The molecule has 2 aromatic heterocycles. The maximum atomic E-state index is 6.59. The van der Waals surface area contributed by atoms with Gasteiger partial charge in [-0.25, -0.2) is 0 Å². The fourth-order valence-corrected chi connectivity index (χ4v) is 11.5. The summed E-state index contributed by atoms with van der Waals surface area (Å²) in [4.78, 5) is 0. The number of nitrogens with zero attached hydrogens (tertiary/aromatic N) is 1. The number of hydrogen-bond donors (Lipinski definition) is 1. The molecule has 1 N–H and O–H groups in total. The van der Waals surface area contributed by atoms with E-state index in [0.29, 0.717) is 0 Å². The van der Waals surface area contributed by atoms with E-state index in [-0.39, 0.29) is 16.2 Å². The second kappa shape index (κ2) is 12.0. The molecule has 62 heavy (non-hydrogen) atoms. The van der Waals surface area contributed by atoms with Crippen molar-refractivity contribution >= 4 is 73.3 Å². The van der Waals surface area contributed by atoms with Crippen LogP contribution < -0.4 is 16.2 Å². The number of anilines is 2. The molecule has 0 fully saturated rings. The first-order valence-corrected chi connectivity index (χ1v) is 22.1. The molecule has 1 aliphatic heterocycles. The summed E-state index contributed by atoms with van der Waals surface area (Å²) in [6, 6.07) is 54.7. The van der Waals surface area contributed by atoms with E-state index in [1.165, 1.54) is 94.1 Å². The molecule has 8 aromatic carbocycles. The minimum atomic E-state index is -0.140. The normalized spacial score (nSPS) is 15.1. The molecule has 0 bridgehead atoms. The average Bonchev–Trinajstić information content (AvgIpc) is 3.93. The van der Waals surface area contributed by atoms with Gasteiger partial charge in [0.2, 0.25) is 0 Å². The molecule has 2 aliphatic carbocycles. The zero-order valence-electron chi connectivity index (χ0n) is 36.3. The van der Waals surface area contributed by atoms with E-state index in [0.717, 1.165) is 38.8 Å². The van der Waals surface area contributed by atoms with Crippen LogP contribution in [-0.4, -0.2) is 11.8 Å². The highest BCUT2D eigenvalue weighted by molar-refractivity contribution is 6.73. The van der Waals surface area contributed by atoms with Gasteiger partial charge < -0.3 is 14.3 Å². The number of fused-ring (bicyclic) bond motifs is 14. The third-order valence-corrected chi connectivity index (χ3v) is 14.8. The Hall–Kier alpha value is -6.78. The summed E-state index contributed by atoms with van der Waals surface area (Å²) >= 11 is 0. The zero-order valence-corrected chi connectivity index (χ0v) is 36.3. The third kappa shape index (κ3) is 4.73. The number of furan rings is 1. The largest absolute Gasteiger partial charge is 0.456 e. The fourth-order valence-electron chi connectivity index (χ4n) is 11.5.